The van der Waals surface area contributed by atoms with Gasteiger partial charge < -0.3 is 19.6 Å². The third-order valence-corrected chi connectivity index (χ3v) is 6.31. The van der Waals surface area contributed by atoms with E-state index in [-0.39, 0.29) is 59.1 Å². The molecule has 3 atom stereocenters. The Hall–Kier alpha value is -0.480. The van der Waals surface area contributed by atoms with Gasteiger partial charge in [0.15, 0.2) is 4.90 Å². The van der Waals surface area contributed by atoms with Crippen molar-refractivity contribution in [2.45, 2.75) is 16.7 Å². The monoisotopic (exact) mass is 375 g/mol. The van der Waals surface area contributed by atoms with Gasteiger partial charge in [0.25, 0.3) is 0 Å². The number of thioether (sulfide) groups is 1. The van der Waals surface area contributed by atoms with E-state index in [1.165, 1.54) is 16.7 Å². The molecule has 0 radical (unpaired) electrons. The molecule has 1 saturated heterocycles. The van der Waals surface area contributed by atoms with E-state index < -0.39 is 17.1 Å². The first-order valence-electron chi connectivity index (χ1n) is 6.95. The molecule has 1 unspecified atom stereocenters. The van der Waals surface area contributed by atoms with Gasteiger partial charge in [0.1, 0.15) is 6.26 Å². The third-order valence-electron chi connectivity index (χ3n) is 3.93. The molecule has 1 aromatic rings. The summed E-state index contributed by atoms with van der Waals surface area (Å²) < 4.78 is 11.4. The van der Waals surface area contributed by atoms with Crippen LogP contribution in [0.3, 0.4) is 0 Å². The van der Waals surface area contributed by atoms with Gasteiger partial charge in [-0.3, -0.25) is 9.69 Å². The molecule has 0 aromatic heterocycles. The number of aliphatic carboxylic acids is 1. The van der Waals surface area contributed by atoms with E-state index in [0.717, 1.165) is 0 Å². The predicted octanol–water partition coefficient (Wildman–Crippen LogP) is -3.24. The number of aliphatic hydroxyl groups is 1. The number of hydrogen-bond donors (Lipinski definition) is 1. The normalized spacial score (nSPS) is 23.5. The zero-order valence-corrected chi connectivity index (χ0v) is 16.9. The smallest absolute Gasteiger partial charge is 0.612 e. The molecule has 1 fully saturated rings. The van der Waals surface area contributed by atoms with Crippen LogP contribution in [0.1, 0.15) is 12.0 Å². The Bertz CT molecular complexity index is 692. The zero-order chi connectivity index (χ0) is 16.7. The number of benzene rings is 1. The van der Waals surface area contributed by atoms with E-state index in [9.17, 15) is 19.2 Å². The molecular weight excluding hydrogens is 361 g/mol. The molecule has 0 saturated carbocycles. The van der Waals surface area contributed by atoms with Crippen LogP contribution in [0.15, 0.2) is 34.9 Å². The molecule has 0 bridgehead atoms. The molecule has 6 nitrogen and oxygen atoms in total. The molecule has 24 heavy (non-hydrogen) atoms. The molecule has 2 heterocycles. The van der Waals surface area contributed by atoms with Crippen molar-refractivity contribution in [1.29, 1.82) is 0 Å². The number of β-lactam (4-membered cyclic amide) rings is 1. The van der Waals surface area contributed by atoms with Crippen LogP contribution in [0, 0.1) is 5.92 Å². The Balaban J connectivity index is 0.00000208. The molecule has 0 spiro atoms. The van der Waals surface area contributed by atoms with Crippen molar-refractivity contribution in [2.24, 2.45) is 5.92 Å². The van der Waals surface area contributed by atoms with Gasteiger partial charge >= 0.3 is 29.6 Å². The van der Waals surface area contributed by atoms with E-state index in [1.54, 1.807) is 30.5 Å². The predicted molar refractivity (Wildman–Crippen MR) is 84.1 cm³/mol. The Morgan fingerprint density at radius 2 is 2.00 bits per heavy atom. The van der Waals surface area contributed by atoms with Gasteiger partial charge in [0, 0.05) is 11.5 Å². The fourth-order valence-electron chi connectivity index (χ4n) is 2.78. The van der Waals surface area contributed by atoms with Gasteiger partial charge in [0.05, 0.1) is 23.0 Å². The average molecular weight is 375 g/mol. The number of aliphatic hydroxyl groups excluding tert-OH is 1. The minimum Gasteiger partial charge on any atom is -0.612 e. The van der Waals surface area contributed by atoms with Gasteiger partial charge in [0.2, 0.25) is 5.91 Å². The van der Waals surface area contributed by atoms with E-state index in [1.807, 2.05) is 0 Å². The summed E-state index contributed by atoms with van der Waals surface area (Å²) in [6.07, 6.45) is 1.88. The van der Waals surface area contributed by atoms with E-state index in [2.05, 4.69) is 0 Å². The summed E-state index contributed by atoms with van der Waals surface area (Å²) in [5, 5.41) is 20.2. The van der Waals surface area contributed by atoms with Gasteiger partial charge in [-0.05, 0) is 47.4 Å². The Kier molecular flexibility index (Phi) is 6.46. The first-order chi connectivity index (χ1) is 11.0. The summed E-state index contributed by atoms with van der Waals surface area (Å²) in [4.78, 5) is 25.9. The van der Waals surface area contributed by atoms with Gasteiger partial charge in [-0.25, -0.2) is 0 Å². The van der Waals surface area contributed by atoms with E-state index in [4.69, 9.17) is 5.11 Å². The van der Waals surface area contributed by atoms with E-state index >= 15 is 0 Å². The number of rotatable bonds is 5. The number of carboxylic acid groups (broad SMARTS) is 1. The fourth-order valence-corrected chi connectivity index (χ4v) is 4.84. The topological polar surface area (TPSA) is 104 Å². The van der Waals surface area contributed by atoms with E-state index in [0.29, 0.717) is 21.8 Å². The second-order valence-electron chi connectivity index (χ2n) is 5.28. The molecule has 2 aliphatic rings. The number of hydrogen-bond acceptors (Lipinski definition) is 6. The second-order valence-corrected chi connectivity index (χ2v) is 7.79. The first kappa shape index (κ1) is 19.8. The number of carboxylic acids is 1. The molecule has 1 aromatic carbocycles. The largest absolute Gasteiger partial charge is 1.00 e. The molecule has 9 heteroatoms. The maximum Gasteiger partial charge on any atom is 1.00 e. The summed E-state index contributed by atoms with van der Waals surface area (Å²) in [6, 6.07) is 6.74. The number of carbonyl (C=O) groups is 2. The van der Waals surface area contributed by atoms with Crippen molar-refractivity contribution in [3.63, 3.8) is 0 Å². The quantitative estimate of drug-likeness (QED) is 0.330. The van der Waals surface area contributed by atoms with Crippen LogP contribution in [0.2, 0.25) is 0 Å². The van der Waals surface area contributed by atoms with Gasteiger partial charge in [-0.15, -0.1) is 0 Å². The van der Waals surface area contributed by atoms with Crippen molar-refractivity contribution in [1.82, 2.24) is 4.90 Å². The standard InChI is InChI=1S/C15H15NO5S2.Na/c1-23(21)9-4-2-8(3-5-9)12-11(15(19)20)16-13(18)10(6-7-17)14(16)22-12;/h2-5,10,14,17H,6-7H2,1H3,(H,19,20);/q;+1/p-1/t10-,14+,23?;/m0./s1. The summed E-state index contributed by atoms with van der Waals surface area (Å²) in [5.74, 6) is -2.06. The van der Waals surface area contributed by atoms with Gasteiger partial charge in [-0.2, -0.15) is 0 Å². The molecule has 0 aliphatic carbocycles. The summed E-state index contributed by atoms with van der Waals surface area (Å²) in [7, 11) is 0. The van der Waals surface area contributed by atoms with Crippen LogP contribution >= 0.6 is 11.8 Å². The number of carbonyl (C=O) groups excluding carboxylic acids is 2. The Morgan fingerprint density at radius 3 is 2.50 bits per heavy atom. The van der Waals surface area contributed by atoms with Crippen LogP contribution < -0.4 is 34.7 Å². The summed E-state index contributed by atoms with van der Waals surface area (Å²) >= 11 is 0.177. The Morgan fingerprint density at radius 1 is 1.38 bits per heavy atom. The molecule has 2 aliphatic heterocycles. The summed E-state index contributed by atoms with van der Waals surface area (Å²) in [6.45, 7) is -0.117. The second kappa shape index (κ2) is 7.82. The average Bonchev–Trinajstić information content (AvgIpc) is 2.89. The van der Waals surface area contributed by atoms with Crippen molar-refractivity contribution >= 4 is 39.7 Å². The van der Waals surface area contributed by atoms with Crippen molar-refractivity contribution in [3.8, 4) is 0 Å². The van der Waals surface area contributed by atoms with Crippen LogP contribution in [0.5, 0.6) is 0 Å². The molecule has 122 valence electrons. The molecule has 1 amide bonds. The van der Waals surface area contributed by atoms with Crippen LogP contribution in [-0.2, 0) is 20.8 Å². The van der Waals surface area contributed by atoms with Crippen molar-refractivity contribution < 1.29 is 53.9 Å². The maximum absolute atomic E-state index is 12.1. The van der Waals surface area contributed by atoms with Crippen LogP contribution in [-0.4, -0.2) is 44.7 Å². The minimum atomic E-state index is -1.39. The molecule has 3 rings (SSSR count). The number of nitrogens with zero attached hydrogens (tertiary/aromatic N) is 1. The third kappa shape index (κ3) is 3.29. The van der Waals surface area contributed by atoms with Crippen molar-refractivity contribution in [3.05, 3.63) is 35.5 Å². The fraction of sp³-hybridized carbons (Fsp3) is 0.333. The zero-order valence-electron chi connectivity index (χ0n) is 13.2. The van der Waals surface area contributed by atoms with Crippen LogP contribution in [0.25, 0.3) is 4.91 Å². The minimum absolute atomic E-state index is 0. The first-order valence-corrected chi connectivity index (χ1v) is 9.39. The van der Waals surface area contributed by atoms with Gasteiger partial charge in [-0.1, -0.05) is 11.8 Å². The molecule has 1 N–H and O–H groups in total. The maximum atomic E-state index is 12.1. The van der Waals surface area contributed by atoms with Crippen LogP contribution in [0.4, 0.5) is 0 Å². The Labute approximate surface area is 168 Å². The number of amides is 1. The molecular formula is C15H14NNaO5S2. The summed E-state index contributed by atoms with van der Waals surface area (Å²) in [5.41, 5.74) is 0.526. The van der Waals surface area contributed by atoms with Crippen molar-refractivity contribution in [2.75, 3.05) is 12.9 Å². The number of fused-ring (bicyclic) bond motifs is 1. The SMILES string of the molecule is C[S+]([O-])c1ccc(C2=C(C(=O)[O-])N3C(=O)[C@H](CCO)[C@H]3S2)cc1.[Na+].